The fraction of sp³-hybridized carbons (Fsp3) is 0.167. The number of halogens is 1. The van der Waals surface area contributed by atoms with E-state index in [1.165, 1.54) is 11.2 Å². The molecule has 1 aromatic heterocycles. The van der Waals surface area contributed by atoms with Gasteiger partial charge in [0.2, 0.25) is 5.91 Å². The molecule has 0 bridgehead atoms. The Bertz CT molecular complexity index is 1490. The molecule has 3 aromatic carbocycles. The standard InChI is InChI=1S/C30H26ClN3O5/c1-19-10-12-20(13-11-19)18-34-26(29(36)32-17-25-9-4-14-38-25)27(39-30(34)37)21-5-3-8-24(16-21)33-28(35)22-6-2-7-23(31)15-22/h2-16,26-27H,17-18H2,1H3,(H,32,36)(H,33,35)/t26-,27-/m1/s1. The molecule has 2 N–H and O–H groups in total. The molecule has 3 amide bonds. The van der Waals surface area contributed by atoms with E-state index < -0.39 is 18.2 Å². The Labute approximate surface area is 230 Å². The van der Waals surface area contributed by atoms with E-state index in [0.717, 1.165) is 11.1 Å². The van der Waals surface area contributed by atoms with Crippen LogP contribution in [0.15, 0.2) is 95.6 Å². The minimum Gasteiger partial charge on any atom is -0.467 e. The lowest BCUT2D eigenvalue weighted by Gasteiger charge is -2.24. The first-order valence-electron chi connectivity index (χ1n) is 12.4. The summed E-state index contributed by atoms with van der Waals surface area (Å²) >= 11 is 6.02. The summed E-state index contributed by atoms with van der Waals surface area (Å²) in [5, 5.41) is 6.15. The molecular formula is C30H26ClN3O5. The number of nitrogens with one attached hydrogen (secondary N) is 2. The summed E-state index contributed by atoms with van der Waals surface area (Å²) in [6.07, 6.45) is 0.0222. The molecule has 2 heterocycles. The second-order valence-corrected chi connectivity index (χ2v) is 9.69. The highest BCUT2D eigenvalue weighted by Crippen LogP contribution is 2.35. The Morgan fingerprint density at radius 3 is 2.51 bits per heavy atom. The molecule has 0 spiro atoms. The van der Waals surface area contributed by atoms with Crippen LogP contribution in [0, 0.1) is 6.92 Å². The largest absolute Gasteiger partial charge is 0.467 e. The predicted octanol–water partition coefficient (Wildman–Crippen LogP) is 5.87. The highest BCUT2D eigenvalue weighted by Gasteiger charge is 2.47. The summed E-state index contributed by atoms with van der Waals surface area (Å²) in [5.41, 5.74) is 3.41. The van der Waals surface area contributed by atoms with Crippen molar-refractivity contribution < 1.29 is 23.5 Å². The van der Waals surface area contributed by atoms with Gasteiger partial charge in [-0.2, -0.15) is 0 Å². The van der Waals surface area contributed by atoms with Gasteiger partial charge in [-0.15, -0.1) is 0 Å². The molecule has 0 saturated carbocycles. The van der Waals surface area contributed by atoms with Gasteiger partial charge in [-0.05, 0) is 60.5 Å². The lowest BCUT2D eigenvalue weighted by Crippen LogP contribution is -2.46. The summed E-state index contributed by atoms with van der Waals surface area (Å²) in [4.78, 5) is 40.8. The zero-order valence-corrected chi connectivity index (χ0v) is 21.9. The molecule has 4 aromatic rings. The van der Waals surface area contributed by atoms with Crippen LogP contribution in [-0.4, -0.2) is 28.8 Å². The smallest absolute Gasteiger partial charge is 0.411 e. The van der Waals surface area contributed by atoms with Gasteiger partial charge in [0.25, 0.3) is 5.91 Å². The Morgan fingerprint density at radius 1 is 0.974 bits per heavy atom. The van der Waals surface area contributed by atoms with Crippen LogP contribution in [-0.2, 0) is 22.6 Å². The molecule has 0 radical (unpaired) electrons. The molecule has 5 rings (SSSR count). The van der Waals surface area contributed by atoms with E-state index in [0.29, 0.717) is 27.6 Å². The molecule has 1 aliphatic heterocycles. The number of furan rings is 1. The van der Waals surface area contributed by atoms with Crippen molar-refractivity contribution in [3.05, 3.63) is 124 Å². The SMILES string of the molecule is Cc1ccc(CN2C(=O)O[C@H](c3cccc(NC(=O)c4cccc(Cl)c4)c3)[C@@H]2C(=O)NCc2ccco2)cc1. The van der Waals surface area contributed by atoms with Gasteiger partial charge in [0, 0.05) is 16.3 Å². The molecule has 1 aliphatic rings. The van der Waals surface area contributed by atoms with E-state index in [1.807, 2.05) is 31.2 Å². The maximum absolute atomic E-state index is 13.5. The lowest BCUT2D eigenvalue weighted by molar-refractivity contribution is -0.126. The van der Waals surface area contributed by atoms with Crippen LogP contribution in [0.25, 0.3) is 0 Å². The average Bonchev–Trinajstić information content (AvgIpc) is 3.57. The summed E-state index contributed by atoms with van der Waals surface area (Å²) < 4.78 is 11.1. The van der Waals surface area contributed by atoms with Gasteiger partial charge >= 0.3 is 6.09 Å². The number of cyclic esters (lactones) is 1. The van der Waals surface area contributed by atoms with Gasteiger partial charge < -0.3 is 19.8 Å². The third-order valence-electron chi connectivity index (χ3n) is 6.40. The quantitative estimate of drug-likeness (QED) is 0.289. The molecule has 9 heteroatoms. The van der Waals surface area contributed by atoms with Crippen LogP contribution in [0.4, 0.5) is 10.5 Å². The Balaban J connectivity index is 1.40. The fourth-order valence-electron chi connectivity index (χ4n) is 4.42. The fourth-order valence-corrected chi connectivity index (χ4v) is 4.61. The summed E-state index contributed by atoms with van der Waals surface area (Å²) in [6.45, 7) is 2.34. The van der Waals surface area contributed by atoms with Gasteiger partial charge in [0.1, 0.15) is 5.76 Å². The Hall–Kier alpha value is -4.56. The molecule has 0 unspecified atom stereocenters. The third-order valence-corrected chi connectivity index (χ3v) is 6.64. The second kappa shape index (κ2) is 11.4. The number of nitrogens with zero attached hydrogens (tertiary/aromatic N) is 1. The normalized spacial score (nSPS) is 16.6. The second-order valence-electron chi connectivity index (χ2n) is 9.25. The van der Waals surface area contributed by atoms with E-state index in [-0.39, 0.29) is 24.9 Å². The van der Waals surface area contributed by atoms with Crippen molar-refractivity contribution in [3.63, 3.8) is 0 Å². The number of aryl methyl sites for hydroxylation is 1. The molecule has 0 aliphatic carbocycles. The Kier molecular flexibility index (Phi) is 7.65. The number of amides is 3. The zero-order valence-electron chi connectivity index (χ0n) is 21.1. The van der Waals surface area contributed by atoms with Gasteiger partial charge in [-0.25, -0.2) is 4.79 Å². The number of rotatable bonds is 8. The topological polar surface area (TPSA) is 101 Å². The average molecular weight is 544 g/mol. The maximum atomic E-state index is 13.5. The molecule has 1 fully saturated rings. The first kappa shape index (κ1) is 26.1. The highest BCUT2D eigenvalue weighted by atomic mass is 35.5. The summed E-state index contributed by atoms with van der Waals surface area (Å²) in [5.74, 6) is -0.143. The zero-order chi connectivity index (χ0) is 27.4. The molecular weight excluding hydrogens is 518 g/mol. The predicted molar refractivity (Wildman–Crippen MR) is 146 cm³/mol. The number of carbonyl (C=O) groups is 3. The number of carbonyl (C=O) groups excluding carboxylic acids is 3. The van der Waals surface area contributed by atoms with Crippen LogP contribution >= 0.6 is 11.6 Å². The van der Waals surface area contributed by atoms with Crippen LogP contribution in [0.3, 0.4) is 0 Å². The van der Waals surface area contributed by atoms with Gasteiger partial charge in [0.15, 0.2) is 12.1 Å². The number of anilines is 1. The van der Waals surface area contributed by atoms with Crippen LogP contribution in [0.5, 0.6) is 0 Å². The van der Waals surface area contributed by atoms with E-state index in [4.69, 9.17) is 20.8 Å². The van der Waals surface area contributed by atoms with Crippen LogP contribution in [0.2, 0.25) is 5.02 Å². The van der Waals surface area contributed by atoms with Crippen molar-refractivity contribution in [2.75, 3.05) is 5.32 Å². The molecule has 2 atom stereocenters. The summed E-state index contributed by atoms with van der Waals surface area (Å²) in [6, 6.07) is 23.8. The van der Waals surface area contributed by atoms with Crippen molar-refractivity contribution >= 4 is 35.2 Å². The van der Waals surface area contributed by atoms with Gasteiger partial charge in [-0.1, -0.05) is 59.6 Å². The van der Waals surface area contributed by atoms with E-state index in [1.54, 1.807) is 60.7 Å². The van der Waals surface area contributed by atoms with Crippen molar-refractivity contribution in [2.45, 2.75) is 32.2 Å². The van der Waals surface area contributed by atoms with Gasteiger partial charge in [0.05, 0.1) is 19.4 Å². The first-order valence-corrected chi connectivity index (χ1v) is 12.7. The van der Waals surface area contributed by atoms with Gasteiger partial charge in [-0.3, -0.25) is 14.5 Å². The van der Waals surface area contributed by atoms with Crippen molar-refractivity contribution in [3.8, 4) is 0 Å². The Morgan fingerprint density at radius 2 is 1.77 bits per heavy atom. The van der Waals surface area contributed by atoms with Crippen LogP contribution in [0.1, 0.15) is 38.9 Å². The van der Waals surface area contributed by atoms with Crippen molar-refractivity contribution in [1.82, 2.24) is 10.2 Å². The lowest BCUT2D eigenvalue weighted by atomic mass is 10.00. The number of ether oxygens (including phenoxy) is 1. The molecule has 198 valence electrons. The summed E-state index contributed by atoms with van der Waals surface area (Å²) in [7, 11) is 0. The third kappa shape index (κ3) is 6.13. The highest BCUT2D eigenvalue weighted by molar-refractivity contribution is 6.31. The number of hydrogen-bond acceptors (Lipinski definition) is 5. The van der Waals surface area contributed by atoms with Crippen molar-refractivity contribution in [2.24, 2.45) is 0 Å². The van der Waals surface area contributed by atoms with Crippen LogP contribution < -0.4 is 10.6 Å². The number of benzene rings is 3. The first-order chi connectivity index (χ1) is 18.9. The van der Waals surface area contributed by atoms with E-state index in [9.17, 15) is 14.4 Å². The minimum absolute atomic E-state index is 0.164. The number of hydrogen-bond donors (Lipinski definition) is 2. The molecule has 1 saturated heterocycles. The molecule has 39 heavy (non-hydrogen) atoms. The van der Waals surface area contributed by atoms with E-state index in [2.05, 4.69) is 10.6 Å². The minimum atomic E-state index is -0.951. The maximum Gasteiger partial charge on any atom is 0.411 e. The van der Waals surface area contributed by atoms with E-state index >= 15 is 0 Å². The van der Waals surface area contributed by atoms with Crippen molar-refractivity contribution in [1.29, 1.82) is 0 Å². The monoisotopic (exact) mass is 543 g/mol. The molecule has 8 nitrogen and oxygen atoms in total.